The Morgan fingerprint density at radius 1 is 1.17 bits per heavy atom. The van der Waals surface area contributed by atoms with E-state index < -0.39 is 24.5 Å². The number of amides is 1. The lowest BCUT2D eigenvalue weighted by Gasteiger charge is -2.15. The van der Waals surface area contributed by atoms with E-state index in [2.05, 4.69) is 32.0 Å². The van der Waals surface area contributed by atoms with E-state index in [1.54, 1.807) is 6.20 Å². The van der Waals surface area contributed by atoms with Crippen LogP contribution in [-0.4, -0.2) is 39.5 Å². The molecule has 1 atom stereocenters. The molecule has 0 radical (unpaired) electrons. The number of aldehydes is 1. The minimum Gasteiger partial charge on any atom is -0.384 e. The monoisotopic (exact) mass is 507 g/mol. The lowest BCUT2D eigenvalue weighted by atomic mass is 10.0. The number of benzene rings is 2. The van der Waals surface area contributed by atoms with Crippen LogP contribution in [0.5, 0.6) is 0 Å². The first-order chi connectivity index (χ1) is 16.5. The van der Waals surface area contributed by atoms with E-state index in [0.29, 0.717) is 28.9 Å². The number of rotatable bonds is 2. The van der Waals surface area contributed by atoms with Gasteiger partial charge in [-0.25, -0.2) is 4.98 Å². The number of nitrogens with one attached hydrogen (secondary N) is 3. The minimum absolute atomic E-state index is 0.396. The molecule has 0 saturated carbocycles. The summed E-state index contributed by atoms with van der Waals surface area (Å²) in [5, 5.41) is 19.1. The van der Waals surface area contributed by atoms with Gasteiger partial charge in [-0.2, -0.15) is 18.2 Å². The van der Waals surface area contributed by atoms with Crippen molar-refractivity contribution in [1.29, 1.82) is 0 Å². The number of hydrogen-bond donors (Lipinski definition) is 4. The zero-order valence-electron chi connectivity index (χ0n) is 18.4. The number of carbonyl (C=O) groups excluding carboxylic acids is 2. The summed E-state index contributed by atoms with van der Waals surface area (Å²) in [6, 6.07) is 13.6. The van der Waals surface area contributed by atoms with Crippen LogP contribution in [0.15, 0.2) is 48.7 Å². The lowest BCUT2D eigenvalue weighted by molar-refractivity contribution is -0.156. The summed E-state index contributed by atoms with van der Waals surface area (Å²) >= 11 is 6.27. The highest BCUT2D eigenvalue weighted by Gasteiger charge is 2.25. The molecule has 0 spiro atoms. The topological polar surface area (TPSA) is 116 Å². The standard InChI is InChI=1S/C21H20ClN5O2.C2HF3O/c1-12(28)20(29)26-18-8-7-16-10-14(18)6-5-13-3-2-4-15(9-13)25-21-23-11-17(22)19(24-16)27-21;3-2(4,5)1-6/h2-4,7-12,28H,5-6H2,1H3,(H,26,29)(H2,23,24,25,27);1H/t12-;/m0./s1. The van der Waals surface area contributed by atoms with Gasteiger partial charge < -0.3 is 21.1 Å². The fourth-order valence-corrected chi connectivity index (χ4v) is 3.24. The average Bonchev–Trinajstić information content (AvgIpc) is 2.81. The van der Waals surface area contributed by atoms with Gasteiger partial charge in [0.1, 0.15) is 11.1 Å². The molecule has 1 amide bonds. The van der Waals surface area contributed by atoms with Crippen molar-refractivity contribution in [2.24, 2.45) is 0 Å². The number of alkyl halides is 3. The third-order valence-corrected chi connectivity index (χ3v) is 5.03. The summed E-state index contributed by atoms with van der Waals surface area (Å²) in [6.45, 7) is 1.44. The number of aliphatic hydroxyl groups is 1. The van der Waals surface area contributed by atoms with Crippen molar-refractivity contribution in [2.45, 2.75) is 32.0 Å². The molecule has 4 rings (SSSR count). The Labute approximate surface area is 203 Å². The molecule has 1 aliphatic heterocycles. The third-order valence-electron chi connectivity index (χ3n) is 4.75. The van der Waals surface area contributed by atoms with Gasteiger partial charge in [0.05, 0.1) is 6.20 Å². The summed E-state index contributed by atoms with van der Waals surface area (Å²) in [6.07, 6.45) is -3.77. The number of nitrogens with zero attached hydrogens (tertiary/aromatic N) is 2. The fourth-order valence-electron chi connectivity index (χ4n) is 3.10. The van der Waals surface area contributed by atoms with E-state index in [9.17, 15) is 23.1 Å². The molecule has 3 aromatic rings. The highest BCUT2D eigenvalue weighted by atomic mass is 35.5. The van der Waals surface area contributed by atoms with Crippen molar-refractivity contribution in [3.05, 3.63) is 64.8 Å². The van der Waals surface area contributed by atoms with Gasteiger partial charge in [0.2, 0.25) is 12.2 Å². The number of aliphatic hydroxyl groups excluding tert-OH is 1. The summed E-state index contributed by atoms with van der Waals surface area (Å²) in [5.74, 6) is 0.472. The van der Waals surface area contributed by atoms with Gasteiger partial charge >= 0.3 is 6.18 Å². The van der Waals surface area contributed by atoms with Gasteiger partial charge in [0, 0.05) is 17.1 Å². The molecule has 0 saturated heterocycles. The second kappa shape index (κ2) is 11.2. The maximum absolute atomic E-state index is 12.0. The van der Waals surface area contributed by atoms with E-state index in [4.69, 9.17) is 16.4 Å². The second-order valence-electron chi connectivity index (χ2n) is 7.54. The molecule has 12 heteroatoms. The maximum Gasteiger partial charge on any atom is 0.446 e. The van der Waals surface area contributed by atoms with Crippen molar-refractivity contribution >= 4 is 52.6 Å². The molecule has 35 heavy (non-hydrogen) atoms. The Morgan fingerprint density at radius 3 is 2.57 bits per heavy atom. The number of halogens is 4. The average molecular weight is 508 g/mol. The van der Waals surface area contributed by atoms with Gasteiger partial charge in [0.25, 0.3) is 5.91 Å². The Kier molecular flexibility index (Phi) is 8.26. The highest BCUT2D eigenvalue weighted by Crippen LogP contribution is 2.29. The van der Waals surface area contributed by atoms with E-state index in [1.807, 2.05) is 36.4 Å². The van der Waals surface area contributed by atoms with E-state index >= 15 is 0 Å². The Bertz CT molecular complexity index is 1220. The summed E-state index contributed by atoms with van der Waals surface area (Å²) < 4.78 is 31.2. The Hall–Kier alpha value is -3.70. The van der Waals surface area contributed by atoms with Crippen LogP contribution in [0.25, 0.3) is 0 Å². The van der Waals surface area contributed by atoms with Crippen molar-refractivity contribution < 1.29 is 27.9 Å². The van der Waals surface area contributed by atoms with Crippen LogP contribution in [0, 0.1) is 0 Å². The Balaban J connectivity index is 0.000000509. The van der Waals surface area contributed by atoms with Crippen molar-refractivity contribution in [2.75, 3.05) is 16.0 Å². The first-order valence-corrected chi connectivity index (χ1v) is 10.7. The SMILES string of the molecule is C[C@H](O)C(=O)Nc1ccc2cc1CCc1cccc(c1)Nc1ncc(Cl)c(n1)N2.O=CC(F)(F)F. The quantitative estimate of drug-likeness (QED) is 0.369. The summed E-state index contributed by atoms with van der Waals surface area (Å²) in [7, 11) is 0. The smallest absolute Gasteiger partial charge is 0.384 e. The number of anilines is 5. The molecule has 8 nitrogen and oxygen atoms in total. The van der Waals surface area contributed by atoms with Gasteiger partial charge in [-0.1, -0.05) is 23.7 Å². The largest absolute Gasteiger partial charge is 0.446 e. The van der Waals surface area contributed by atoms with Crippen molar-refractivity contribution in [3.63, 3.8) is 0 Å². The van der Waals surface area contributed by atoms with E-state index in [0.717, 1.165) is 28.9 Å². The zero-order valence-corrected chi connectivity index (χ0v) is 19.1. The van der Waals surface area contributed by atoms with Crippen molar-refractivity contribution in [1.82, 2.24) is 9.97 Å². The minimum atomic E-state index is -4.64. The number of hydrogen-bond acceptors (Lipinski definition) is 7. The van der Waals surface area contributed by atoms with Crippen LogP contribution in [-0.2, 0) is 22.4 Å². The second-order valence-corrected chi connectivity index (χ2v) is 7.94. The molecule has 2 heterocycles. The van der Waals surface area contributed by atoms with Gasteiger partial charge in [-0.15, -0.1) is 0 Å². The van der Waals surface area contributed by atoms with Crippen LogP contribution in [0.4, 0.5) is 42.0 Å². The molecule has 184 valence electrons. The predicted octanol–water partition coefficient (Wildman–Crippen LogP) is 4.78. The molecular formula is C23H21ClF3N5O3. The molecule has 0 fully saturated rings. The molecule has 0 unspecified atom stereocenters. The molecule has 1 aromatic heterocycles. The van der Waals surface area contributed by atoms with Gasteiger partial charge in [-0.05, 0) is 61.2 Å². The van der Waals surface area contributed by atoms with Crippen LogP contribution in [0.3, 0.4) is 0 Å². The molecule has 0 aliphatic carbocycles. The van der Waals surface area contributed by atoms with E-state index in [1.165, 1.54) is 6.92 Å². The molecule has 6 bridgehead atoms. The molecule has 2 aromatic carbocycles. The van der Waals surface area contributed by atoms with Crippen molar-refractivity contribution in [3.8, 4) is 0 Å². The Morgan fingerprint density at radius 2 is 1.89 bits per heavy atom. The maximum atomic E-state index is 12.0. The first kappa shape index (κ1) is 25.9. The van der Waals surface area contributed by atoms with Crippen LogP contribution in [0.1, 0.15) is 18.1 Å². The highest BCUT2D eigenvalue weighted by molar-refractivity contribution is 6.32. The molecule has 1 aliphatic rings. The number of aryl methyl sites for hydroxylation is 2. The van der Waals surface area contributed by atoms with E-state index in [-0.39, 0.29) is 0 Å². The number of aromatic nitrogens is 2. The van der Waals surface area contributed by atoms with Crippen LogP contribution < -0.4 is 16.0 Å². The van der Waals surface area contributed by atoms with Crippen LogP contribution in [0.2, 0.25) is 5.02 Å². The summed E-state index contributed by atoms with van der Waals surface area (Å²) in [4.78, 5) is 29.4. The fraction of sp³-hybridized carbons (Fsp3) is 0.217. The molecular weight excluding hydrogens is 487 g/mol. The van der Waals surface area contributed by atoms with Gasteiger partial charge in [0.15, 0.2) is 5.82 Å². The molecule has 4 N–H and O–H groups in total. The van der Waals surface area contributed by atoms with Crippen LogP contribution >= 0.6 is 11.6 Å². The number of carbonyl (C=O) groups is 2. The predicted molar refractivity (Wildman–Crippen MR) is 126 cm³/mol. The first-order valence-electron chi connectivity index (χ1n) is 10.3. The van der Waals surface area contributed by atoms with Gasteiger partial charge in [-0.3, -0.25) is 9.59 Å². The third kappa shape index (κ3) is 7.66. The normalized spacial score (nSPS) is 13.2. The summed E-state index contributed by atoms with van der Waals surface area (Å²) in [5.41, 5.74) is 4.40. The zero-order chi connectivity index (χ0) is 25.6. The number of fused-ring (bicyclic) bond motifs is 6. The lowest BCUT2D eigenvalue weighted by Crippen LogP contribution is -2.25.